The van der Waals surface area contributed by atoms with Crippen molar-refractivity contribution in [1.82, 2.24) is 9.80 Å². The van der Waals surface area contributed by atoms with E-state index in [1.807, 2.05) is 0 Å². The summed E-state index contributed by atoms with van der Waals surface area (Å²) in [5, 5.41) is 0. The fourth-order valence-corrected chi connectivity index (χ4v) is 1.83. The van der Waals surface area contributed by atoms with Crippen molar-refractivity contribution in [2.45, 2.75) is 13.8 Å². The molecule has 0 unspecified atom stereocenters. The average Bonchev–Trinajstić information content (AvgIpc) is 2.41. The predicted octanol–water partition coefficient (Wildman–Crippen LogP) is 0.677. The van der Waals surface area contributed by atoms with E-state index in [0.29, 0.717) is 0 Å². The summed E-state index contributed by atoms with van der Waals surface area (Å²) < 4.78 is 10.3. The van der Waals surface area contributed by atoms with Crippen LogP contribution in [0.5, 0.6) is 0 Å². The van der Waals surface area contributed by atoms with Gasteiger partial charge in [0.25, 0.3) is 0 Å². The Morgan fingerprint density at radius 3 is 1.19 bits per heavy atom. The highest BCUT2D eigenvalue weighted by atomic mass is 16.5. The van der Waals surface area contributed by atoms with Crippen LogP contribution >= 0.6 is 0 Å². The summed E-state index contributed by atoms with van der Waals surface area (Å²) in [5.74, 6) is 0. The Bertz CT molecular complexity index is 137. The molecule has 0 spiro atoms. The molecule has 0 aromatic rings. The number of nitrogens with zero attached hydrogens (tertiary/aromatic N) is 2. The van der Waals surface area contributed by atoms with Gasteiger partial charge in [-0.05, 0) is 13.1 Å². The smallest absolute Gasteiger partial charge is 0.0594 e. The molecule has 0 aromatic heterocycles. The molecule has 0 amide bonds. The third kappa shape index (κ3) is 5.80. The molecule has 0 N–H and O–H groups in total. The first-order valence-electron chi connectivity index (χ1n) is 6.47. The Labute approximate surface area is 99.5 Å². The van der Waals surface area contributed by atoms with Crippen LogP contribution < -0.4 is 0 Å². The Balaban J connectivity index is 0.000000160. The quantitative estimate of drug-likeness (QED) is 0.696. The number of morpholine rings is 2. The van der Waals surface area contributed by atoms with Crippen LogP contribution in [-0.2, 0) is 9.47 Å². The first kappa shape index (κ1) is 13.9. The zero-order chi connectivity index (χ0) is 11.6. The minimum absolute atomic E-state index is 0.924. The van der Waals surface area contributed by atoms with Crippen LogP contribution in [0.2, 0.25) is 0 Å². The molecule has 2 aliphatic heterocycles. The maximum absolute atomic E-state index is 5.16. The second kappa shape index (κ2) is 8.93. The molecule has 0 radical (unpaired) electrons. The van der Waals surface area contributed by atoms with Gasteiger partial charge in [0.2, 0.25) is 0 Å². The van der Waals surface area contributed by atoms with E-state index in [1.54, 1.807) is 0 Å². The molecular formula is C12H26N2O2. The fourth-order valence-electron chi connectivity index (χ4n) is 1.83. The predicted molar refractivity (Wildman–Crippen MR) is 65.9 cm³/mol. The highest BCUT2D eigenvalue weighted by Crippen LogP contribution is 1.94. The summed E-state index contributed by atoms with van der Waals surface area (Å²) in [4.78, 5) is 4.78. The van der Waals surface area contributed by atoms with Crippen molar-refractivity contribution in [3.8, 4) is 0 Å². The molecule has 0 aromatic carbocycles. The zero-order valence-electron chi connectivity index (χ0n) is 10.8. The van der Waals surface area contributed by atoms with Crippen LogP contribution in [0.25, 0.3) is 0 Å². The SMILES string of the molecule is CCN1CCOCC1.CCN1CCOCC1. The van der Waals surface area contributed by atoms with Gasteiger partial charge in [-0.25, -0.2) is 0 Å². The van der Waals surface area contributed by atoms with Gasteiger partial charge in [0.15, 0.2) is 0 Å². The number of ether oxygens (including phenoxy) is 2. The first-order valence-corrected chi connectivity index (χ1v) is 6.47. The number of hydrogen-bond acceptors (Lipinski definition) is 4. The van der Waals surface area contributed by atoms with E-state index >= 15 is 0 Å². The van der Waals surface area contributed by atoms with Crippen molar-refractivity contribution in [2.24, 2.45) is 0 Å². The van der Waals surface area contributed by atoms with Gasteiger partial charge in [0.05, 0.1) is 26.4 Å². The van der Waals surface area contributed by atoms with E-state index in [2.05, 4.69) is 23.6 Å². The van der Waals surface area contributed by atoms with E-state index < -0.39 is 0 Å². The number of likely N-dealkylation sites (N-methyl/N-ethyl adjacent to an activating group) is 2. The van der Waals surface area contributed by atoms with E-state index in [9.17, 15) is 0 Å². The minimum atomic E-state index is 0.924. The third-order valence-corrected chi connectivity index (χ3v) is 3.10. The molecule has 0 aliphatic carbocycles. The molecule has 4 nitrogen and oxygen atoms in total. The molecule has 0 atom stereocenters. The lowest BCUT2D eigenvalue weighted by molar-refractivity contribution is 0.0404. The van der Waals surface area contributed by atoms with Gasteiger partial charge < -0.3 is 9.47 Å². The Morgan fingerprint density at radius 2 is 1.00 bits per heavy atom. The molecular weight excluding hydrogens is 204 g/mol. The van der Waals surface area contributed by atoms with Crippen LogP contribution in [0.4, 0.5) is 0 Å². The summed E-state index contributed by atoms with van der Waals surface area (Å²) in [5.41, 5.74) is 0. The summed E-state index contributed by atoms with van der Waals surface area (Å²) in [6.07, 6.45) is 0. The van der Waals surface area contributed by atoms with Gasteiger partial charge in [-0.2, -0.15) is 0 Å². The lowest BCUT2D eigenvalue weighted by atomic mass is 10.4. The van der Waals surface area contributed by atoms with Gasteiger partial charge >= 0.3 is 0 Å². The van der Waals surface area contributed by atoms with E-state index in [4.69, 9.17) is 9.47 Å². The number of rotatable bonds is 2. The summed E-state index contributed by atoms with van der Waals surface area (Å²) >= 11 is 0. The monoisotopic (exact) mass is 230 g/mol. The lowest BCUT2D eigenvalue weighted by Gasteiger charge is -2.24. The summed E-state index contributed by atoms with van der Waals surface area (Å²) in [7, 11) is 0. The van der Waals surface area contributed by atoms with Crippen molar-refractivity contribution in [3.05, 3.63) is 0 Å². The van der Waals surface area contributed by atoms with Crippen LogP contribution in [0, 0.1) is 0 Å². The van der Waals surface area contributed by atoms with Gasteiger partial charge in [0, 0.05) is 26.2 Å². The molecule has 2 rings (SSSR count). The normalized spacial score (nSPS) is 23.6. The molecule has 4 heteroatoms. The Hall–Kier alpha value is -0.160. The molecule has 2 aliphatic rings. The largest absolute Gasteiger partial charge is 0.379 e. The van der Waals surface area contributed by atoms with E-state index in [1.165, 1.54) is 13.1 Å². The van der Waals surface area contributed by atoms with Gasteiger partial charge in [-0.15, -0.1) is 0 Å². The lowest BCUT2D eigenvalue weighted by Crippen LogP contribution is -2.35. The van der Waals surface area contributed by atoms with Crippen molar-refractivity contribution >= 4 is 0 Å². The first-order chi connectivity index (χ1) is 7.86. The van der Waals surface area contributed by atoms with Crippen molar-refractivity contribution < 1.29 is 9.47 Å². The maximum Gasteiger partial charge on any atom is 0.0594 e. The average molecular weight is 230 g/mol. The maximum atomic E-state index is 5.16. The van der Waals surface area contributed by atoms with Crippen LogP contribution in [0.3, 0.4) is 0 Å². The Kier molecular flexibility index (Phi) is 7.76. The van der Waals surface area contributed by atoms with Crippen LogP contribution in [-0.4, -0.2) is 75.5 Å². The molecule has 0 saturated carbocycles. The van der Waals surface area contributed by atoms with Crippen LogP contribution in [0.1, 0.15) is 13.8 Å². The molecule has 0 bridgehead atoms. The van der Waals surface area contributed by atoms with Crippen LogP contribution in [0.15, 0.2) is 0 Å². The van der Waals surface area contributed by atoms with Gasteiger partial charge in [0.1, 0.15) is 0 Å². The molecule has 2 saturated heterocycles. The zero-order valence-corrected chi connectivity index (χ0v) is 10.8. The standard InChI is InChI=1S/2C6H13NO/c2*1-2-7-3-5-8-6-4-7/h2*2-6H2,1H3. The topological polar surface area (TPSA) is 24.9 Å². The highest BCUT2D eigenvalue weighted by molar-refractivity contribution is 4.58. The number of hydrogen-bond donors (Lipinski definition) is 0. The van der Waals surface area contributed by atoms with E-state index in [0.717, 1.165) is 52.6 Å². The molecule has 96 valence electrons. The highest BCUT2D eigenvalue weighted by Gasteiger charge is 2.06. The molecule has 16 heavy (non-hydrogen) atoms. The second-order valence-corrected chi connectivity index (χ2v) is 4.09. The van der Waals surface area contributed by atoms with Crippen molar-refractivity contribution in [2.75, 3.05) is 65.7 Å². The minimum Gasteiger partial charge on any atom is -0.379 e. The Morgan fingerprint density at radius 1 is 0.688 bits per heavy atom. The van der Waals surface area contributed by atoms with Crippen molar-refractivity contribution in [3.63, 3.8) is 0 Å². The third-order valence-electron chi connectivity index (χ3n) is 3.10. The van der Waals surface area contributed by atoms with Crippen molar-refractivity contribution in [1.29, 1.82) is 0 Å². The molecule has 2 heterocycles. The summed E-state index contributed by atoms with van der Waals surface area (Å²) in [6, 6.07) is 0. The molecule has 2 fully saturated rings. The van der Waals surface area contributed by atoms with Gasteiger partial charge in [-0.3, -0.25) is 9.80 Å². The second-order valence-electron chi connectivity index (χ2n) is 4.09. The van der Waals surface area contributed by atoms with E-state index in [-0.39, 0.29) is 0 Å². The fraction of sp³-hybridized carbons (Fsp3) is 1.00. The van der Waals surface area contributed by atoms with Gasteiger partial charge in [-0.1, -0.05) is 13.8 Å². The summed E-state index contributed by atoms with van der Waals surface area (Å²) in [6.45, 7) is 14.9.